The van der Waals surface area contributed by atoms with Crippen molar-refractivity contribution in [3.05, 3.63) is 58.6 Å². The highest BCUT2D eigenvalue weighted by molar-refractivity contribution is 6.31. The summed E-state index contributed by atoms with van der Waals surface area (Å²) in [4.78, 5) is 12.0. The van der Waals surface area contributed by atoms with Crippen LogP contribution in [0.5, 0.6) is 5.75 Å². The molecule has 0 aromatic heterocycles. The second-order valence-electron chi connectivity index (χ2n) is 4.38. The molecule has 0 aliphatic carbocycles. The van der Waals surface area contributed by atoms with E-state index in [1.807, 2.05) is 18.2 Å². The second kappa shape index (κ2) is 6.78. The van der Waals surface area contributed by atoms with Gasteiger partial charge < -0.3 is 10.1 Å². The summed E-state index contributed by atoms with van der Waals surface area (Å²) >= 11 is 5.84. The molecule has 1 amide bonds. The molecule has 0 fully saturated rings. The standard InChI is InChI=1S/C16H13ClN2O2/c1-21-14-5-2-11(3-6-14)8-16(20)19-13-4-7-15(17)12(9-13)10-18/h2-7,9H,8H2,1H3,(H,19,20). The molecule has 0 aliphatic heterocycles. The Kier molecular flexibility index (Phi) is 4.81. The number of carbonyl (C=O) groups excluding carboxylic acids is 1. The Morgan fingerprint density at radius 2 is 2.00 bits per heavy atom. The summed E-state index contributed by atoms with van der Waals surface area (Å²) < 4.78 is 5.06. The van der Waals surface area contributed by atoms with Crippen LogP contribution in [-0.4, -0.2) is 13.0 Å². The molecule has 0 radical (unpaired) electrons. The fourth-order valence-electron chi connectivity index (χ4n) is 1.82. The van der Waals surface area contributed by atoms with Crippen molar-refractivity contribution >= 4 is 23.2 Å². The van der Waals surface area contributed by atoms with E-state index in [-0.39, 0.29) is 12.3 Å². The number of nitrogens with one attached hydrogen (secondary N) is 1. The highest BCUT2D eigenvalue weighted by Gasteiger charge is 2.06. The topological polar surface area (TPSA) is 62.1 Å². The van der Waals surface area contributed by atoms with Gasteiger partial charge in [-0.25, -0.2) is 0 Å². The lowest BCUT2D eigenvalue weighted by Gasteiger charge is -2.07. The van der Waals surface area contributed by atoms with Crippen molar-refractivity contribution in [1.82, 2.24) is 0 Å². The number of ether oxygens (including phenoxy) is 1. The molecule has 0 spiro atoms. The predicted octanol–water partition coefficient (Wildman–Crippen LogP) is 3.40. The van der Waals surface area contributed by atoms with E-state index in [1.54, 1.807) is 37.4 Å². The number of hydrogen-bond donors (Lipinski definition) is 1. The summed E-state index contributed by atoms with van der Waals surface area (Å²) in [7, 11) is 1.59. The lowest BCUT2D eigenvalue weighted by Crippen LogP contribution is -2.14. The molecule has 4 nitrogen and oxygen atoms in total. The van der Waals surface area contributed by atoms with Crippen LogP contribution in [0.4, 0.5) is 5.69 Å². The Morgan fingerprint density at radius 1 is 1.29 bits per heavy atom. The molecule has 2 aromatic rings. The van der Waals surface area contributed by atoms with Gasteiger partial charge in [-0.2, -0.15) is 5.26 Å². The molecule has 0 heterocycles. The zero-order valence-electron chi connectivity index (χ0n) is 11.4. The third-order valence-electron chi connectivity index (χ3n) is 2.89. The number of nitrogens with zero attached hydrogens (tertiary/aromatic N) is 1. The molecule has 0 saturated carbocycles. The second-order valence-corrected chi connectivity index (χ2v) is 4.79. The van der Waals surface area contributed by atoms with Crippen molar-refractivity contribution in [3.63, 3.8) is 0 Å². The monoisotopic (exact) mass is 300 g/mol. The number of rotatable bonds is 4. The lowest BCUT2D eigenvalue weighted by atomic mass is 10.1. The number of carbonyl (C=O) groups is 1. The predicted molar refractivity (Wildman–Crippen MR) is 81.5 cm³/mol. The maximum atomic E-state index is 12.0. The Hall–Kier alpha value is -2.51. The van der Waals surface area contributed by atoms with Crippen LogP contribution < -0.4 is 10.1 Å². The maximum absolute atomic E-state index is 12.0. The van der Waals surface area contributed by atoms with Gasteiger partial charge in [-0.15, -0.1) is 0 Å². The third kappa shape index (κ3) is 3.98. The Balaban J connectivity index is 2.02. The molecule has 21 heavy (non-hydrogen) atoms. The van der Waals surface area contributed by atoms with Gasteiger partial charge >= 0.3 is 0 Å². The Labute approximate surface area is 127 Å². The number of amides is 1. The highest BCUT2D eigenvalue weighted by atomic mass is 35.5. The fourth-order valence-corrected chi connectivity index (χ4v) is 1.98. The molecule has 2 rings (SSSR count). The van der Waals surface area contributed by atoms with Gasteiger partial charge in [-0.1, -0.05) is 23.7 Å². The number of anilines is 1. The summed E-state index contributed by atoms with van der Waals surface area (Å²) in [6.45, 7) is 0. The van der Waals surface area contributed by atoms with Crippen LogP contribution in [0.3, 0.4) is 0 Å². The van der Waals surface area contributed by atoms with Gasteiger partial charge in [0, 0.05) is 5.69 Å². The summed E-state index contributed by atoms with van der Waals surface area (Å²) in [5.74, 6) is 0.585. The highest BCUT2D eigenvalue weighted by Crippen LogP contribution is 2.20. The van der Waals surface area contributed by atoms with Crippen LogP contribution in [-0.2, 0) is 11.2 Å². The van der Waals surface area contributed by atoms with Crippen molar-refractivity contribution in [1.29, 1.82) is 5.26 Å². The minimum absolute atomic E-state index is 0.161. The van der Waals surface area contributed by atoms with Crippen LogP contribution in [0.1, 0.15) is 11.1 Å². The van der Waals surface area contributed by atoms with Crippen molar-refractivity contribution in [2.75, 3.05) is 12.4 Å². The van der Waals surface area contributed by atoms with E-state index in [9.17, 15) is 4.79 Å². The van der Waals surface area contributed by atoms with Crippen molar-refractivity contribution in [2.24, 2.45) is 0 Å². The third-order valence-corrected chi connectivity index (χ3v) is 3.22. The SMILES string of the molecule is COc1ccc(CC(=O)Nc2ccc(Cl)c(C#N)c2)cc1. The average molecular weight is 301 g/mol. The van der Waals surface area contributed by atoms with E-state index in [1.165, 1.54) is 0 Å². The van der Waals surface area contributed by atoms with E-state index in [2.05, 4.69) is 5.32 Å². The summed E-state index contributed by atoms with van der Waals surface area (Å²) in [6, 6.07) is 14.0. The quantitative estimate of drug-likeness (QED) is 0.941. The molecule has 106 valence electrons. The van der Waals surface area contributed by atoms with E-state index in [0.717, 1.165) is 11.3 Å². The van der Waals surface area contributed by atoms with Crippen LogP contribution >= 0.6 is 11.6 Å². The molecular weight excluding hydrogens is 288 g/mol. The van der Waals surface area contributed by atoms with Gasteiger partial charge in [0.05, 0.1) is 24.1 Å². The van der Waals surface area contributed by atoms with Gasteiger partial charge in [0.2, 0.25) is 5.91 Å². The van der Waals surface area contributed by atoms with Crippen LogP contribution in [0, 0.1) is 11.3 Å². The van der Waals surface area contributed by atoms with E-state index in [4.69, 9.17) is 21.6 Å². The molecule has 2 aromatic carbocycles. The largest absolute Gasteiger partial charge is 0.497 e. The van der Waals surface area contributed by atoms with Gasteiger partial charge in [0.1, 0.15) is 11.8 Å². The van der Waals surface area contributed by atoms with E-state index >= 15 is 0 Å². The molecule has 5 heteroatoms. The number of methoxy groups -OCH3 is 1. The number of halogens is 1. The molecule has 0 unspecified atom stereocenters. The molecular formula is C16H13ClN2O2. The van der Waals surface area contributed by atoms with Crippen LogP contribution in [0.2, 0.25) is 5.02 Å². The number of benzene rings is 2. The molecule has 0 saturated heterocycles. The zero-order valence-corrected chi connectivity index (χ0v) is 12.1. The number of nitriles is 1. The smallest absolute Gasteiger partial charge is 0.228 e. The fraction of sp³-hybridized carbons (Fsp3) is 0.125. The first-order chi connectivity index (χ1) is 10.1. The molecule has 0 atom stereocenters. The van der Waals surface area contributed by atoms with E-state index in [0.29, 0.717) is 16.3 Å². The van der Waals surface area contributed by atoms with Crippen LogP contribution in [0.25, 0.3) is 0 Å². The van der Waals surface area contributed by atoms with Gasteiger partial charge in [0.15, 0.2) is 0 Å². The average Bonchev–Trinajstić information content (AvgIpc) is 2.50. The van der Waals surface area contributed by atoms with Crippen molar-refractivity contribution in [2.45, 2.75) is 6.42 Å². The van der Waals surface area contributed by atoms with E-state index < -0.39 is 0 Å². The first-order valence-corrected chi connectivity index (χ1v) is 6.62. The summed E-state index contributed by atoms with van der Waals surface area (Å²) in [5, 5.41) is 12.0. The normalized spacial score (nSPS) is 9.76. The first kappa shape index (κ1) is 14.9. The van der Waals surface area contributed by atoms with Gasteiger partial charge in [0.25, 0.3) is 0 Å². The zero-order chi connectivity index (χ0) is 15.2. The van der Waals surface area contributed by atoms with Gasteiger partial charge in [-0.3, -0.25) is 4.79 Å². The first-order valence-electron chi connectivity index (χ1n) is 6.25. The molecule has 1 N–H and O–H groups in total. The summed E-state index contributed by atoms with van der Waals surface area (Å²) in [5.41, 5.74) is 1.76. The minimum atomic E-state index is -0.161. The van der Waals surface area contributed by atoms with Crippen molar-refractivity contribution < 1.29 is 9.53 Å². The van der Waals surface area contributed by atoms with Gasteiger partial charge in [-0.05, 0) is 35.9 Å². The Bertz CT molecular complexity index is 690. The van der Waals surface area contributed by atoms with Crippen LogP contribution in [0.15, 0.2) is 42.5 Å². The summed E-state index contributed by atoms with van der Waals surface area (Å²) in [6.07, 6.45) is 0.245. The Morgan fingerprint density at radius 3 is 2.62 bits per heavy atom. The molecule has 0 aliphatic rings. The van der Waals surface area contributed by atoms with Crippen molar-refractivity contribution in [3.8, 4) is 11.8 Å². The lowest BCUT2D eigenvalue weighted by molar-refractivity contribution is -0.115. The number of hydrogen-bond acceptors (Lipinski definition) is 3. The minimum Gasteiger partial charge on any atom is -0.497 e. The molecule has 0 bridgehead atoms. The maximum Gasteiger partial charge on any atom is 0.228 e.